The van der Waals surface area contributed by atoms with Crippen molar-refractivity contribution < 1.29 is 19.1 Å². The van der Waals surface area contributed by atoms with Gasteiger partial charge in [-0.15, -0.1) is 0 Å². The number of nitrogens with one attached hydrogen (secondary N) is 1. The van der Waals surface area contributed by atoms with Crippen LogP contribution in [0.3, 0.4) is 0 Å². The molecule has 1 aliphatic carbocycles. The number of benzene rings is 1. The maximum atomic E-state index is 12.8. The average Bonchev–Trinajstić information content (AvgIpc) is 3.48. The molecule has 25 heavy (non-hydrogen) atoms. The van der Waals surface area contributed by atoms with E-state index in [-0.39, 0.29) is 23.7 Å². The van der Waals surface area contributed by atoms with E-state index in [0.717, 1.165) is 42.7 Å². The predicted molar refractivity (Wildman–Crippen MR) is 92.3 cm³/mol. The maximum Gasteiger partial charge on any atom is 0.227 e. The first-order valence-corrected chi connectivity index (χ1v) is 9.14. The Balaban J connectivity index is 1.48. The molecule has 1 saturated carbocycles. The molecule has 0 spiro atoms. The van der Waals surface area contributed by atoms with Crippen molar-refractivity contribution >= 4 is 17.5 Å². The van der Waals surface area contributed by atoms with Crippen LogP contribution in [-0.4, -0.2) is 43.1 Å². The van der Waals surface area contributed by atoms with E-state index in [0.29, 0.717) is 32.9 Å². The summed E-state index contributed by atoms with van der Waals surface area (Å²) in [5.41, 5.74) is 1.73. The predicted octanol–water partition coefficient (Wildman–Crippen LogP) is 2.18. The van der Waals surface area contributed by atoms with Crippen molar-refractivity contribution in [2.45, 2.75) is 32.2 Å². The Morgan fingerprint density at radius 3 is 2.60 bits per heavy atom. The zero-order valence-corrected chi connectivity index (χ0v) is 14.3. The van der Waals surface area contributed by atoms with Gasteiger partial charge in [-0.05, 0) is 43.9 Å². The number of nitrogens with zero attached hydrogens (tertiary/aromatic N) is 1. The number of hydrogen-bond acceptors (Lipinski definition) is 4. The number of anilines is 1. The van der Waals surface area contributed by atoms with Crippen molar-refractivity contribution in [3.05, 3.63) is 23.8 Å². The van der Waals surface area contributed by atoms with Crippen molar-refractivity contribution in [1.29, 1.82) is 0 Å². The van der Waals surface area contributed by atoms with Gasteiger partial charge < -0.3 is 19.7 Å². The van der Waals surface area contributed by atoms with Gasteiger partial charge in [0.2, 0.25) is 11.8 Å². The lowest BCUT2D eigenvalue weighted by Crippen LogP contribution is -2.39. The van der Waals surface area contributed by atoms with Crippen LogP contribution >= 0.6 is 0 Å². The number of carbonyl (C=O) groups excluding carboxylic acids is 2. The molecule has 0 unspecified atom stereocenters. The minimum atomic E-state index is 0.0491. The number of rotatable bonds is 3. The molecule has 2 aliphatic heterocycles. The van der Waals surface area contributed by atoms with Crippen LogP contribution in [0.2, 0.25) is 0 Å². The molecule has 0 bridgehead atoms. The van der Waals surface area contributed by atoms with Gasteiger partial charge in [0.25, 0.3) is 0 Å². The highest BCUT2D eigenvalue weighted by atomic mass is 16.5. The Labute approximate surface area is 147 Å². The van der Waals surface area contributed by atoms with Crippen molar-refractivity contribution in [2.75, 3.05) is 31.7 Å². The first-order valence-electron chi connectivity index (χ1n) is 9.14. The summed E-state index contributed by atoms with van der Waals surface area (Å²) in [7, 11) is 0. The fraction of sp³-hybridized carbons (Fsp3) is 0.579. The standard InChI is InChI=1S/C19H24N2O4/c22-18(13-1-2-13)20-16-3-4-17-15(11-16)12-21(7-10-25-17)19(23)14-5-8-24-9-6-14/h3-4,11,13-14H,1-2,5-10,12H2,(H,20,22). The van der Waals surface area contributed by atoms with E-state index < -0.39 is 0 Å². The van der Waals surface area contributed by atoms with Gasteiger partial charge >= 0.3 is 0 Å². The molecule has 0 aromatic heterocycles. The van der Waals surface area contributed by atoms with Gasteiger partial charge in [0.1, 0.15) is 12.4 Å². The lowest BCUT2D eigenvalue weighted by atomic mass is 9.98. The molecule has 6 heteroatoms. The van der Waals surface area contributed by atoms with E-state index in [2.05, 4.69) is 5.32 Å². The van der Waals surface area contributed by atoms with Crippen molar-refractivity contribution in [3.8, 4) is 5.75 Å². The molecule has 1 saturated heterocycles. The summed E-state index contributed by atoms with van der Waals surface area (Å²) in [6, 6.07) is 5.69. The first-order chi connectivity index (χ1) is 12.2. The molecular weight excluding hydrogens is 320 g/mol. The summed E-state index contributed by atoms with van der Waals surface area (Å²) in [5, 5.41) is 2.97. The number of amides is 2. The van der Waals surface area contributed by atoms with Gasteiger partial charge in [-0.1, -0.05) is 0 Å². The fourth-order valence-electron chi connectivity index (χ4n) is 3.45. The SMILES string of the molecule is O=C(Nc1ccc2c(c1)CN(C(=O)C1CCOCC1)CCO2)C1CC1. The largest absolute Gasteiger partial charge is 0.491 e. The van der Waals surface area contributed by atoms with Crippen LogP contribution in [0.15, 0.2) is 18.2 Å². The Morgan fingerprint density at radius 2 is 1.84 bits per heavy atom. The van der Waals surface area contributed by atoms with Crippen LogP contribution in [0.25, 0.3) is 0 Å². The molecule has 1 aromatic carbocycles. The van der Waals surface area contributed by atoms with Gasteiger partial charge in [0, 0.05) is 42.8 Å². The maximum absolute atomic E-state index is 12.8. The van der Waals surface area contributed by atoms with Gasteiger partial charge in [-0.3, -0.25) is 9.59 Å². The van der Waals surface area contributed by atoms with Crippen LogP contribution < -0.4 is 10.1 Å². The van der Waals surface area contributed by atoms with Crippen LogP contribution in [0.5, 0.6) is 5.75 Å². The van der Waals surface area contributed by atoms with Crippen molar-refractivity contribution in [1.82, 2.24) is 4.90 Å². The molecule has 1 aromatic rings. The minimum Gasteiger partial charge on any atom is -0.491 e. The normalized spacial score (nSPS) is 21.0. The number of ether oxygens (including phenoxy) is 2. The van der Waals surface area contributed by atoms with E-state index in [1.807, 2.05) is 23.1 Å². The second-order valence-electron chi connectivity index (χ2n) is 7.08. The third kappa shape index (κ3) is 3.79. The summed E-state index contributed by atoms with van der Waals surface area (Å²) in [6.45, 7) is 2.94. The van der Waals surface area contributed by atoms with E-state index in [4.69, 9.17) is 9.47 Å². The van der Waals surface area contributed by atoms with Gasteiger partial charge in [0.05, 0.1) is 6.54 Å². The Morgan fingerprint density at radius 1 is 1.04 bits per heavy atom. The van der Waals surface area contributed by atoms with Crippen LogP contribution in [-0.2, 0) is 20.9 Å². The van der Waals surface area contributed by atoms with Crippen molar-refractivity contribution in [2.24, 2.45) is 11.8 Å². The van der Waals surface area contributed by atoms with Gasteiger partial charge in [-0.25, -0.2) is 0 Å². The van der Waals surface area contributed by atoms with E-state index >= 15 is 0 Å². The fourth-order valence-corrected chi connectivity index (χ4v) is 3.45. The molecule has 3 aliphatic rings. The highest BCUT2D eigenvalue weighted by molar-refractivity contribution is 5.94. The first kappa shape index (κ1) is 16.4. The molecule has 2 heterocycles. The zero-order valence-electron chi connectivity index (χ0n) is 14.3. The van der Waals surface area contributed by atoms with Crippen LogP contribution in [0.1, 0.15) is 31.2 Å². The minimum absolute atomic E-state index is 0.0491. The third-order valence-corrected chi connectivity index (χ3v) is 5.14. The number of hydrogen-bond donors (Lipinski definition) is 1. The summed E-state index contributed by atoms with van der Waals surface area (Å²) < 4.78 is 11.2. The van der Waals surface area contributed by atoms with Crippen molar-refractivity contribution in [3.63, 3.8) is 0 Å². The molecule has 0 radical (unpaired) electrons. The monoisotopic (exact) mass is 344 g/mol. The van der Waals surface area contributed by atoms with E-state index in [9.17, 15) is 9.59 Å². The van der Waals surface area contributed by atoms with Crippen LogP contribution in [0, 0.1) is 11.8 Å². The molecule has 1 N–H and O–H groups in total. The second-order valence-corrected chi connectivity index (χ2v) is 7.08. The zero-order chi connectivity index (χ0) is 17.2. The summed E-state index contributed by atoms with van der Waals surface area (Å²) in [4.78, 5) is 26.7. The lowest BCUT2D eigenvalue weighted by molar-refractivity contribution is -0.139. The molecule has 6 nitrogen and oxygen atoms in total. The topological polar surface area (TPSA) is 67.9 Å². The third-order valence-electron chi connectivity index (χ3n) is 5.14. The number of carbonyl (C=O) groups is 2. The summed E-state index contributed by atoms with van der Waals surface area (Å²) in [5.74, 6) is 1.29. The molecule has 2 fully saturated rings. The molecule has 2 amide bonds. The summed E-state index contributed by atoms with van der Waals surface area (Å²) in [6.07, 6.45) is 3.54. The molecule has 134 valence electrons. The molecule has 4 rings (SSSR count). The molecule has 0 atom stereocenters. The lowest BCUT2D eigenvalue weighted by Gasteiger charge is -2.28. The smallest absolute Gasteiger partial charge is 0.227 e. The molecular formula is C19H24N2O4. The quantitative estimate of drug-likeness (QED) is 0.913. The van der Waals surface area contributed by atoms with Gasteiger partial charge in [0.15, 0.2) is 0 Å². The Hall–Kier alpha value is -2.08. The summed E-state index contributed by atoms with van der Waals surface area (Å²) >= 11 is 0. The second kappa shape index (κ2) is 7.04. The van der Waals surface area contributed by atoms with E-state index in [1.165, 1.54) is 0 Å². The van der Waals surface area contributed by atoms with Gasteiger partial charge in [-0.2, -0.15) is 0 Å². The highest BCUT2D eigenvalue weighted by Gasteiger charge is 2.30. The van der Waals surface area contributed by atoms with Crippen LogP contribution in [0.4, 0.5) is 5.69 Å². The Bertz CT molecular complexity index is 665. The Kier molecular flexibility index (Phi) is 4.61. The average molecular weight is 344 g/mol. The van der Waals surface area contributed by atoms with E-state index in [1.54, 1.807) is 0 Å². The number of fused-ring (bicyclic) bond motifs is 1. The highest BCUT2D eigenvalue weighted by Crippen LogP contribution is 2.32.